The molecule has 3 aromatic rings. The summed E-state index contributed by atoms with van der Waals surface area (Å²) in [4.78, 5) is 1.04. The van der Waals surface area contributed by atoms with E-state index in [1.807, 2.05) is 17.5 Å². The summed E-state index contributed by atoms with van der Waals surface area (Å²) < 4.78 is 1.74. The first kappa shape index (κ1) is 12.9. The Kier molecular flexibility index (Phi) is 3.06. The van der Waals surface area contributed by atoms with Gasteiger partial charge in [-0.25, -0.2) is 0 Å². The van der Waals surface area contributed by atoms with Gasteiger partial charge in [-0.1, -0.05) is 29.0 Å². The van der Waals surface area contributed by atoms with E-state index in [1.165, 1.54) is 5.56 Å². The molecule has 4 nitrogen and oxygen atoms in total. The van der Waals surface area contributed by atoms with E-state index in [9.17, 15) is 0 Å². The van der Waals surface area contributed by atoms with E-state index < -0.39 is 0 Å². The minimum Gasteiger partial charge on any atom is -0.382 e. The predicted molar refractivity (Wildman–Crippen MR) is 83.3 cm³/mol. The second-order valence-electron chi connectivity index (χ2n) is 4.96. The lowest BCUT2D eigenvalue weighted by Gasteiger charge is -2.11. The van der Waals surface area contributed by atoms with E-state index in [1.54, 1.807) is 16.0 Å². The van der Waals surface area contributed by atoms with Gasteiger partial charge in [-0.15, -0.1) is 16.4 Å². The molecule has 0 aliphatic heterocycles. The Morgan fingerprint density at radius 1 is 1.15 bits per heavy atom. The second kappa shape index (κ2) is 4.76. The zero-order chi connectivity index (χ0) is 14.3. The minimum absolute atomic E-state index is 0.586. The summed E-state index contributed by atoms with van der Waals surface area (Å²) >= 11 is 1.61. The topological polar surface area (TPSA) is 56.7 Å². The first-order valence-electron chi connectivity index (χ1n) is 6.41. The molecule has 0 spiro atoms. The number of hydrogen-bond acceptors (Lipinski definition) is 4. The molecule has 0 fully saturated rings. The number of benzene rings is 1. The summed E-state index contributed by atoms with van der Waals surface area (Å²) in [5, 5.41) is 10.5. The van der Waals surface area contributed by atoms with Crippen molar-refractivity contribution in [1.82, 2.24) is 15.0 Å². The third-order valence-corrected chi connectivity index (χ3v) is 4.18. The summed E-state index contributed by atoms with van der Waals surface area (Å²) in [7, 11) is 0. The quantitative estimate of drug-likeness (QED) is 0.783. The molecule has 20 heavy (non-hydrogen) atoms. The smallest absolute Gasteiger partial charge is 0.156 e. The maximum Gasteiger partial charge on any atom is 0.156 e. The van der Waals surface area contributed by atoms with Gasteiger partial charge in [-0.2, -0.15) is 4.68 Å². The summed E-state index contributed by atoms with van der Waals surface area (Å²) in [5.41, 5.74) is 11.6. The van der Waals surface area contributed by atoms with Crippen LogP contribution in [-0.4, -0.2) is 15.0 Å². The number of hydrogen-bond donors (Lipinski definition) is 1. The van der Waals surface area contributed by atoms with Crippen LogP contribution in [0.3, 0.4) is 0 Å². The molecule has 3 rings (SSSR count). The summed E-state index contributed by atoms with van der Waals surface area (Å²) in [6, 6.07) is 8.26. The van der Waals surface area contributed by atoms with Gasteiger partial charge in [0.1, 0.15) is 5.69 Å². The van der Waals surface area contributed by atoms with Gasteiger partial charge in [0.15, 0.2) is 5.82 Å². The second-order valence-corrected chi connectivity index (χ2v) is 5.91. The molecule has 2 heterocycles. The maximum atomic E-state index is 6.25. The molecular weight excluding hydrogens is 268 g/mol. The molecule has 2 aromatic heterocycles. The van der Waals surface area contributed by atoms with E-state index in [0.29, 0.717) is 5.82 Å². The molecule has 0 bridgehead atoms. The third-order valence-electron chi connectivity index (χ3n) is 3.31. The molecule has 0 radical (unpaired) electrons. The molecule has 0 saturated carbocycles. The van der Waals surface area contributed by atoms with Gasteiger partial charge in [0.2, 0.25) is 0 Å². The monoisotopic (exact) mass is 284 g/mol. The van der Waals surface area contributed by atoms with Crippen molar-refractivity contribution < 1.29 is 0 Å². The van der Waals surface area contributed by atoms with Crippen molar-refractivity contribution in [2.45, 2.75) is 20.8 Å². The Bertz CT molecular complexity index is 733. The van der Waals surface area contributed by atoms with Crippen LogP contribution in [0.15, 0.2) is 29.6 Å². The van der Waals surface area contributed by atoms with E-state index >= 15 is 0 Å². The molecule has 0 atom stereocenters. The summed E-state index contributed by atoms with van der Waals surface area (Å²) in [6.45, 7) is 6.23. The van der Waals surface area contributed by atoms with Crippen LogP contribution in [0.25, 0.3) is 16.3 Å². The van der Waals surface area contributed by atoms with E-state index in [2.05, 4.69) is 43.2 Å². The number of nitrogen functional groups attached to an aromatic ring is 1. The van der Waals surface area contributed by atoms with Crippen LogP contribution in [0.4, 0.5) is 5.82 Å². The maximum absolute atomic E-state index is 6.25. The van der Waals surface area contributed by atoms with Crippen LogP contribution >= 0.6 is 11.3 Å². The van der Waals surface area contributed by atoms with Gasteiger partial charge >= 0.3 is 0 Å². The molecule has 0 aliphatic carbocycles. The lowest BCUT2D eigenvalue weighted by Crippen LogP contribution is -2.06. The van der Waals surface area contributed by atoms with Crippen molar-refractivity contribution in [2.24, 2.45) is 0 Å². The van der Waals surface area contributed by atoms with Gasteiger partial charge in [0.05, 0.1) is 10.6 Å². The standard InChI is InChI=1S/C15H16N4S/c1-9-7-10(2)14(11(3)8-9)19-15(16)13(17-18-19)12-5-4-6-20-12/h4-8H,16H2,1-3H3. The van der Waals surface area contributed by atoms with Crippen molar-refractivity contribution >= 4 is 17.2 Å². The zero-order valence-electron chi connectivity index (χ0n) is 11.7. The number of anilines is 1. The molecule has 0 amide bonds. The molecule has 1 aromatic carbocycles. The number of aromatic nitrogens is 3. The van der Waals surface area contributed by atoms with Crippen molar-refractivity contribution in [3.63, 3.8) is 0 Å². The molecule has 5 heteroatoms. The van der Waals surface area contributed by atoms with Crippen LogP contribution in [-0.2, 0) is 0 Å². The van der Waals surface area contributed by atoms with Crippen LogP contribution in [0.5, 0.6) is 0 Å². The van der Waals surface area contributed by atoms with Crippen LogP contribution in [0.1, 0.15) is 16.7 Å². The first-order chi connectivity index (χ1) is 9.58. The molecule has 0 unspecified atom stereocenters. The highest BCUT2D eigenvalue weighted by molar-refractivity contribution is 7.13. The predicted octanol–water partition coefficient (Wildman–Crippen LogP) is 3.50. The average molecular weight is 284 g/mol. The van der Waals surface area contributed by atoms with Gasteiger partial charge in [0, 0.05) is 0 Å². The zero-order valence-corrected chi connectivity index (χ0v) is 12.5. The van der Waals surface area contributed by atoms with Crippen molar-refractivity contribution in [3.8, 4) is 16.3 Å². The Morgan fingerprint density at radius 2 is 1.85 bits per heavy atom. The average Bonchev–Trinajstić information content (AvgIpc) is 2.99. The highest BCUT2D eigenvalue weighted by atomic mass is 32.1. The normalized spacial score (nSPS) is 10.9. The van der Waals surface area contributed by atoms with Crippen molar-refractivity contribution in [2.75, 3.05) is 5.73 Å². The van der Waals surface area contributed by atoms with E-state index in [-0.39, 0.29) is 0 Å². The third kappa shape index (κ3) is 2.00. The lowest BCUT2D eigenvalue weighted by atomic mass is 10.1. The van der Waals surface area contributed by atoms with Crippen LogP contribution < -0.4 is 5.73 Å². The van der Waals surface area contributed by atoms with Gasteiger partial charge in [-0.05, 0) is 43.3 Å². The van der Waals surface area contributed by atoms with Crippen LogP contribution in [0, 0.1) is 20.8 Å². The number of nitrogens with zero attached hydrogens (tertiary/aromatic N) is 3. The Hall–Kier alpha value is -2.14. The van der Waals surface area contributed by atoms with E-state index in [0.717, 1.165) is 27.4 Å². The van der Waals surface area contributed by atoms with Gasteiger partial charge in [-0.3, -0.25) is 0 Å². The molecular formula is C15H16N4S. The Balaban J connectivity index is 2.18. The Morgan fingerprint density at radius 3 is 2.45 bits per heavy atom. The van der Waals surface area contributed by atoms with Gasteiger partial charge < -0.3 is 5.73 Å². The fourth-order valence-corrected chi connectivity index (χ4v) is 3.27. The largest absolute Gasteiger partial charge is 0.382 e. The molecule has 0 aliphatic rings. The Labute approximate surface area is 121 Å². The molecule has 2 N–H and O–H groups in total. The number of nitrogens with two attached hydrogens (primary N) is 1. The van der Waals surface area contributed by atoms with E-state index in [4.69, 9.17) is 5.73 Å². The SMILES string of the molecule is Cc1cc(C)c(-n2nnc(-c3cccs3)c2N)c(C)c1. The van der Waals surface area contributed by atoms with Gasteiger partial charge in [0.25, 0.3) is 0 Å². The number of thiophene rings is 1. The first-order valence-corrected chi connectivity index (χ1v) is 7.29. The highest BCUT2D eigenvalue weighted by Crippen LogP contribution is 2.30. The summed E-state index contributed by atoms with van der Waals surface area (Å²) in [5.74, 6) is 0.586. The van der Waals surface area contributed by atoms with Crippen molar-refractivity contribution in [1.29, 1.82) is 0 Å². The van der Waals surface area contributed by atoms with Crippen molar-refractivity contribution in [3.05, 3.63) is 46.3 Å². The fourth-order valence-electron chi connectivity index (χ4n) is 2.55. The number of rotatable bonds is 2. The lowest BCUT2D eigenvalue weighted by molar-refractivity contribution is 0.800. The molecule has 0 saturated heterocycles. The molecule has 102 valence electrons. The summed E-state index contributed by atoms with van der Waals surface area (Å²) in [6.07, 6.45) is 0. The van der Waals surface area contributed by atoms with Crippen LogP contribution in [0.2, 0.25) is 0 Å². The number of aryl methyl sites for hydroxylation is 3. The fraction of sp³-hybridized carbons (Fsp3) is 0.200. The highest BCUT2D eigenvalue weighted by Gasteiger charge is 2.16. The minimum atomic E-state index is 0.586.